The van der Waals surface area contributed by atoms with E-state index in [-0.39, 0.29) is 10.8 Å². The molecule has 1 N–H and O–H groups in total. The highest BCUT2D eigenvalue weighted by Gasteiger charge is 2.52. The van der Waals surface area contributed by atoms with Crippen LogP contribution >= 0.6 is 0 Å². The van der Waals surface area contributed by atoms with Gasteiger partial charge in [0.25, 0.3) is 0 Å². The van der Waals surface area contributed by atoms with Crippen LogP contribution in [0.25, 0.3) is 0 Å². The molecule has 0 aromatic carbocycles. The highest BCUT2D eigenvalue weighted by atomic mass is 16.1. The van der Waals surface area contributed by atoms with Crippen molar-refractivity contribution in [1.29, 1.82) is 0 Å². The molecule has 20 heavy (non-hydrogen) atoms. The van der Waals surface area contributed by atoms with Gasteiger partial charge < -0.3 is 5.32 Å². The standard InChI is InChI=1S/C16H21N3O/c1-15(2)7-11-13(12(20)8-15)16(5-3-4-6-16)10-9-17-19-14(10)18-11/h18H,3-9H2,1-2H3. The molecule has 0 radical (unpaired) electrons. The van der Waals surface area contributed by atoms with Gasteiger partial charge in [-0.3, -0.25) is 4.79 Å². The van der Waals surface area contributed by atoms with E-state index in [0.717, 1.165) is 36.4 Å². The van der Waals surface area contributed by atoms with Crippen LogP contribution in [0.4, 0.5) is 0 Å². The lowest BCUT2D eigenvalue weighted by atomic mass is 9.62. The molecule has 0 aromatic heterocycles. The molecular weight excluding hydrogens is 250 g/mol. The van der Waals surface area contributed by atoms with Gasteiger partial charge in [-0.05, 0) is 24.7 Å². The zero-order chi connectivity index (χ0) is 14.0. The number of dihydropyridines is 1. The van der Waals surface area contributed by atoms with Crippen molar-refractivity contribution in [2.45, 2.75) is 52.4 Å². The van der Waals surface area contributed by atoms with Crippen molar-refractivity contribution < 1.29 is 4.79 Å². The first-order chi connectivity index (χ1) is 9.52. The molecule has 0 saturated heterocycles. The van der Waals surface area contributed by atoms with Crippen molar-refractivity contribution in [3.63, 3.8) is 0 Å². The molecule has 106 valence electrons. The predicted octanol–water partition coefficient (Wildman–Crippen LogP) is 3.47. The van der Waals surface area contributed by atoms with Gasteiger partial charge in [0.05, 0.1) is 6.54 Å². The van der Waals surface area contributed by atoms with Crippen LogP contribution in [-0.2, 0) is 4.79 Å². The maximum absolute atomic E-state index is 12.8. The lowest BCUT2D eigenvalue weighted by Gasteiger charge is -2.43. The van der Waals surface area contributed by atoms with Gasteiger partial charge in [0.15, 0.2) is 11.6 Å². The number of fused-ring (bicyclic) bond motifs is 2. The quantitative estimate of drug-likeness (QED) is 0.733. The van der Waals surface area contributed by atoms with Gasteiger partial charge in [0.1, 0.15) is 0 Å². The SMILES string of the molecule is CC1(C)CC(=O)C2=C(C1)NC1=C(CN=N1)C21CCCC1. The average molecular weight is 271 g/mol. The summed E-state index contributed by atoms with van der Waals surface area (Å²) in [7, 11) is 0. The van der Waals surface area contributed by atoms with Gasteiger partial charge in [-0.1, -0.05) is 26.7 Å². The molecule has 2 aliphatic heterocycles. The molecule has 4 rings (SSSR count). The van der Waals surface area contributed by atoms with Crippen molar-refractivity contribution >= 4 is 5.78 Å². The van der Waals surface area contributed by atoms with Gasteiger partial charge >= 0.3 is 0 Å². The third-order valence-corrected chi connectivity index (χ3v) is 5.34. The zero-order valence-corrected chi connectivity index (χ0v) is 12.3. The number of nitrogens with one attached hydrogen (secondary N) is 1. The molecule has 0 aromatic rings. The zero-order valence-electron chi connectivity index (χ0n) is 12.3. The maximum Gasteiger partial charge on any atom is 0.162 e. The van der Waals surface area contributed by atoms with E-state index in [2.05, 4.69) is 29.4 Å². The van der Waals surface area contributed by atoms with E-state index in [1.165, 1.54) is 18.4 Å². The number of carbonyl (C=O) groups is 1. The molecule has 1 saturated carbocycles. The highest BCUT2D eigenvalue weighted by molar-refractivity contribution is 6.00. The van der Waals surface area contributed by atoms with Crippen LogP contribution in [0.5, 0.6) is 0 Å². The second-order valence-corrected chi connectivity index (χ2v) is 7.44. The van der Waals surface area contributed by atoms with Crippen molar-refractivity contribution in [1.82, 2.24) is 5.32 Å². The fraction of sp³-hybridized carbons (Fsp3) is 0.688. The number of hydrogen-bond acceptors (Lipinski definition) is 4. The second kappa shape index (κ2) is 3.80. The molecule has 4 heteroatoms. The molecule has 0 atom stereocenters. The molecular formula is C16H21N3O. The largest absolute Gasteiger partial charge is 0.342 e. The molecule has 2 aliphatic carbocycles. The number of azo groups is 1. The molecule has 2 heterocycles. The Balaban J connectivity index is 1.87. The smallest absolute Gasteiger partial charge is 0.162 e. The Kier molecular flexibility index (Phi) is 2.34. The van der Waals surface area contributed by atoms with Gasteiger partial charge in [-0.15, -0.1) is 5.11 Å². The average Bonchev–Trinajstić information content (AvgIpc) is 2.96. The van der Waals surface area contributed by atoms with Gasteiger partial charge in [-0.2, -0.15) is 5.11 Å². The molecule has 0 bridgehead atoms. The summed E-state index contributed by atoms with van der Waals surface area (Å²) in [5.74, 6) is 1.29. The number of rotatable bonds is 0. The van der Waals surface area contributed by atoms with Gasteiger partial charge in [0, 0.05) is 28.7 Å². The highest BCUT2D eigenvalue weighted by Crippen LogP contribution is 2.57. The minimum Gasteiger partial charge on any atom is -0.342 e. The Hall–Kier alpha value is -1.45. The fourth-order valence-corrected chi connectivity index (χ4v) is 4.60. The number of hydrogen-bond donors (Lipinski definition) is 1. The van der Waals surface area contributed by atoms with Crippen molar-refractivity contribution in [3.05, 3.63) is 22.7 Å². The predicted molar refractivity (Wildman–Crippen MR) is 75.8 cm³/mol. The van der Waals surface area contributed by atoms with Crippen molar-refractivity contribution in [3.8, 4) is 0 Å². The van der Waals surface area contributed by atoms with Crippen LogP contribution in [0.1, 0.15) is 52.4 Å². The van der Waals surface area contributed by atoms with E-state index in [0.29, 0.717) is 18.7 Å². The maximum atomic E-state index is 12.8. The number of ketones is 1. The summed E-state index contributed by atoms with van der Waals surface area (Å²) in [5.41, 5.74) is 3.51. The van der Waals surface area contributed by atoms with Crippen molar-refractivity contribution in [2.24, 2.45) is 21.1 Å². The minimum absolute atomic E-state index is 0.0347. The number of nitrogens with zero attached hydrogens (tertiary/aromatic N) is 2. The van der Waals surface area contributed by atoms with Crippen molar-refractivity contribution in [2.75, 3.05) is 6.54 Å². The number of allylic oxidation sites excluding steroid dienone is 2. The van der Waals surface area contributed by atoms with E-state index in [4.69, 9.17) is 0 Å². The lowest BCUT2D eigenvalue weighted by Crippen LogP contribution is -2.42. The first-order valence-corrected chi connectivity index (χ1v) is 7.67. The van der Waals surface area contributed by atoms with Gasteiger partial charge in [-0.25, -0.2) is 0 Å². The first-order valence-electron chi connectivity index (χ1n) is 7.67. The molecule has 1 spiro atoms. The summed E-state index contributed by atoms with van der Waals surface area (Å²) in [5, 5.41) is 11.9. The van der Waals surface area contributed by atoms with Crippen LogP contribution in [0.15, 0.2) is 32.9 Å². The van der Waals surface area contributed by atoms with Crippen LogP contribution in [0.2, 0.25) is 0 Å². The van der Waals surface area contributed by atoms with Gasteiger partial charge in [0.2, 0.25) is 0 Å². The normalized spacial score (nSPS) is 29.8. The fourth-order valence-electron chi connectivity index (χ4n) is 4.60. The monoisotopic (exact) mass is 271 g/mol. The number of carbonyl (C=O) groups excluding carboxylic acids is 1. The Labute approximate surface area is 119 Å². The van der Waals surface area contributed by atoms with Crippen LogP contribution < -0.4 is 5.32 Å². The molecule has 0 unspecified atom stereocenters. The molecule has 4 aliphatic rings. The Morgan fingerprint density at radius 2 is 1.90 bits per heavy atom. The summed E-state index contributed by atoms with van der Waals surface area (Å²) in [6.45, 7) is 5.03. The summed E-state index contributed by atoms with van der Waals surface area (Å²) < 4.78 is 0. The van der Waals surface area contributed by atoms with E-state index in [9.17, 15) is 4.79 Å². The van der Waals surface area contributed by atoms with Crippen LogP contribution in [0.3, 0.4) is 0 Å². The molecule has 0 amide bonds. The summed E-state index contributed by atoms with van der Waals surface area (Å²) in [6, 6.07) is 0. The Morgan fingerprint density at radius 1 is 1.15 bits per heavy atom. The topological polar surface area (TPSA) is 53.8 Å². The molecule has 4 nitrogen and oxygen atoms in total. The summed E-state index contributed by atoms with van der Waals surface area (Å²) in [6.07, 6.45) is 6.25. The molecule has 1 fully saturated rings. The third kappa shape index (κ3) is 1.51. The van der Waals surface area contributed by atoms with E-state index >= 15 is 0 Å². The third-order valence-electron chi connectivity index (χ3n) is 5.34. The van der Waals surface area contributed by atoms with E-state index < -0.39 is 0 Å². The Bertz CT molecular complexity index is 589. The minimum atomic E-state index is -0.0347. The van der Waals surface area contributed by atoms with E-state index in [1.54, 1.807) is 0 Å². The first kappa shape index (κ1) is 12.3. The second-order valence-electron chi connectivity index (χ2n) is 7.44. The van der Waals surface area contributed by atoms with E-state index in [1.807, 2.05) is 0 Å². The summed E-state index contributed by atoms with van der Waals surface area (Å²) >= 11 is 0. The summed E-state index contributed by atoms with van der Waals surface area (Å²) in [4.78, 5) is 12.8. The number of Topliss-reactive ketones (excluding diaryl/α,β-unsaturated/α-hetero) is 1. The van der Waals surface area contributed by atoms with Crippen LogP contribution in [-0.4, -0.2) is 12.3 Å². The van der Waals surface area contributed by atoms with Crippen LogP contribution in [0, 0.1) is 10.8 Å². The lowest BCUT2D eigenvalue weighted by molar-refractivity contribution is -0.119. The Morgan fingerprint density at radius 3 is 2.65 bits per heavy atom.